The topological polar surface area (TPSA) is 54.5 Å². The Morgan fingerprint density at radius 1 is 1.55 bits per heavy atom. The zero-order valence-electron chi connectivity index (χ0n) is 14.1. The quantitative estimate of drug-likeness (QED) is 0.875. The highest BCUT2D eigenvalue weighted by Gasteiger charge is 2.27. The third kappa shape index (κ3) is 4.70. The van der Waals surface area contributed by atoms with Crippen LogP contribution in [-0.4, -0.2) is 47.6 Å². The monoisotopic (exact) mass is 305 g/mol. The number of aromatic nitrogens is 1. The van der Waals surface area contributed by atoms with Crippen molar-refractivity contribution in [1.29, 1.82) is 0 Å². The van der Waals surface area contributed by atoms with Gasteiger partial charge in [-0.25, -0.2) is 4.98 Å². The number of carbonyl (C=O) groups excluding carboxylic acids is 1. The molecule has 1 aromatic rings. The van der Waals surface area contributed by atoms with Gasteiger partial charge in [0.2, 0.25) is 11.8 Å². The molecule has 5 nitrogen and oxygen atoms in total. The van der Waals surface area contributed by atoms with Crippen molar-refractivity contribution in [1.82, 2.24) is 15.2 Å². The van der Waals surface area contributed by atoms with Crippen LogP contribution in [0.3, 0.4) is 0 Å². The summed E-state index contributed by atoms with van der Waals surface area (Å²) in [5.74, 6) is 0.713. The molecular formula is C17H27N3O2. The Bertz CT molecular complexity index is 516. The smallest absolute Gasteiger partial charge is 0.222 e. The van der Waals surface area contributed by atoms with Gasteiger partial charge in [0.25, 0.3) is 0 Å². The van der Waals surface area contributed by atoms with E-state index in [0.29, 0.717) is 24.9 Å². The maximum Gasteiger partial charge on any atom is 0.222 e. The number of nitrogens with zero attached hydrogens (tertiary/aromatic N) is 2. The molecule has 0 saturated carbocycles. The summed E-state index contributed by atoms with van der Waals surface area (Å²) >= 11 is 0. The fraction of sp³-hybridized carbons (Fsp3) is 0.647. The van der Waals surface area contributed by atoms with E-state index in [1.54, 1.807) is 6.20 Å². The van der Waals surface area contributed by atoms with Crippen LogP contribution in [0.4, 0.5) is 0 Å². The van der Waals surface area contributed by atoms with Crippen LogP contribution in [0.15, 0.2) is 18.3 Å². The molecule has 22 heavy (non-hydrogen) atoms. The number of ether oxygens (including phenoxy) is 1. The molecule has 122 valence electrons. The van der Waals surface area contributed by atoms with E-state index in [4.69, 9.17) is 4.74 Å². The van der Waals surface area contributed by atoms with Crippen molar-refractivity contribution in [2.24, 2.45) is 0 Å². The normalized spacial score (nSPS) is 19.2. The number of hydrogen-bond acceptors (Lipinski definition) is 4. The summed E-state index contributed by atoms with van der Waals surface area (Å²) in [7, 11) is 2.09. The maximum absolute atomic E-state index is 12.2. The fourth-order valence-corrected chi connectivity index (χ4v) is 2.79. The Balaban J connectivity index is 1.82. The number of carbonyl (C=O) groups is 1. The molecule has 2 rings (SSSR count). The van der Waals surface area contributed by atoms with Crippen molar-refractivity contribution in [3.63, 3.8) is 0 Å². The van der Waals surface area contributed by atoms with Crippen LogP contribution in [0.5, 0.6) is 5.88 Å². The van der Waals surface area contributed by atoms with E-state index < -0.39 is 5.54 Å². The highest BCUT2D eigenvalue weighted by Crippen LogP contribution is 2.18. The number of aryl methyl sites for hydroxylation is 1. The Labute approximate surface area is 133 Å². The molecule has 0 unspecified atom stereocenters. The minimum atomic E-state index is -0.418. The van der Waals surface area contributed by atoms with Gasteiger partial charge in [0.1, 0.15) is 6.61 Å². The summed E-state index contributed by atoms with van der Waals surface area (Å²) in [5, 5.41) is 3.08. The second kappa shape index (κ2) is 7.09. The van der Waals surface area contributed by atoms with E-state index in [2.05, 4.69) is 22.2 Å². The third-order valence-corrected chi connectivity index (χ3v) is 4.10. The van der Waals surface area contributed by atoms with E-state index >= 15 is 0 Å². The molecule has 5 heteroatoms. The van der Waals surface area contributed by atoms with Gasteiger partial charge in [-0.05, 0) is 53.3 Å². The Morgan fingerprint density at radius 2 is 2.32 bits per heavy atom. The number of hydrogen-bond donors (Lipinski definition) is 1. The predicted octanol–water partition coefficient (Wildman–Crippen LogP) is 2.15. The largest absolute Gasteiger partial charge is 0.475 e. The Hall–Kier alpha value is -1.62. The van der Waals surface area contributed by atoms with Gasteiger partial charge in [0, 0.05) is 24.2 Å². The second-order valence-corrected chi connectivity index (χ2v) is 6.83. The minimum absolute atomic E-state index is 0.0880. The van der Waals surface area contributed by atoms with Gasteiger partial charge in [0.15, 0.2) is 0 Å². The summed E-state index contributed by atoms with van der Waals surface area (Å²) < 4.78 is 5.76. The molecule has 1 aliphatic rings. The maximum atomic E-state index is 12.2. The number of pyridine rings is 1. The SMILES string of the molecule is Cc1cccnc1OCC(C)(C)NC(=O)C[C@@H]1CCCN1C. The zero-order chi connectivity index (χ0) is 16.2. The Morgan fingerprint density at radius 3 is 2.95 bits per heavy atom. The lowest BCUT2D eigenvalue weighted by atomic mass is 10.1. The van der Waals surface area contributed by atoms with Gasteiger partial charge in [-0.3, -0.25) is 4.79 Å². The first kappa shape index (κ1) is 16.7. The molecule has 1 aliphatic heterocycles. The van der Waals surface area contributed by atoms with E-state index in [1.807, 2.05) is 32.9 Å². The average molecular weight is 305 g/mol. The molecule has 1 amide bonds. The summed E-state index contributed by atoms with van der Waals surface area (Å²) in [6.45, 7) is 7.40. The molecule has 1 N–H and O–H groups in total. The van der Waals surface area contributed by atoms with Crippen LogP contribution in [0.25, 0.3) is 0 Å². The van der Waals surface area contributed by atoms with Gasteiger partial charge in [-0.1, -0.05) is 6.07 Å². The second-order valence-electron chi connectivity index (χ2n) is 6.83. The van der Waals surface area contributed by atoms with Crippen LogP contribution in [0, 0.1) is 6.92 Å². The molecule has 1 aromatic heterocycles. The predicted molar refractivity (Wildman–Crippen MR) is 87.0 cm³/mol. The molecule has 0 spiro atoms. The van der Waals surface area contributed by atoms with Gasteiger partial charge in [-0.15, -0.1) is 0 Å². The number of rotatable bonds is 6. The van der Waals surface area contributed by atoms with Gasteiger partial charge < -0.3 is 15.0 Å². The molecule has 1 saturated heterocycles. The van der Waals surface area contributed by atoms with Crippen LogP contribution < -0.4 is 10.1 Å². The van der Waals surface area contributed by atoms with E-state index in [-0.39, 0.29) is 5.91 Å². The Kier molecular flexibility index (Phi) is 5.40. The lowest BCUT2D eigenvalue weighted by Crippen LogP contribution is -2.49. The van der Waals surface area contributed by atoms with E-state index in [9.17, 15) is 4.79 Å². The molecule has 0 radical (unpaired) electrons. The highest BCUT2D eigenvalue weighted by molar-refractivity contribution is 5.77. The number of amides is 1. The van der Waals surface area contributed by atoms with E-state index in [0.717, 1.165) is 18.5 Å². The van der Waals surface area contributed by atoms with Crippen LogP contribution >= 0.6 is 0 Å². The van der Waals surface area contributed by atoms with Crippen molar-refractivity contribution in [2.45, 2.75) is 51.6 Å². The molecule has 1 atom stereocenters. The van der Waals surface area contributed by atoms with Gasteiger partial charge >= 0.3 is 0 Å². The van der Waals surface area contributed by atoms with Crippen LogP contribution in [-0.2, 0) is 4.79 Å². The first-order valence-corrected chi connectivity index (χ1v) is 7.93. The third-order valence-electron chi connectivity index (χ3n) is 4.10. The lowest BCUT2D eigenvalue weighted by Gasteiger charge is -2.28. The number of likely N-dealkylation sites (tertiary alicyclic amines) is 1. The molecule has 0 aliphatic carbocycles. The summed E-state index contributed by atoms with van der Waals surface area (Å²) in [6, 6.07) is 4.21. The van der Waals surface area contributed by atoms with Gasteiger partial charge in [-0.2, -0.15) is 0 Å². The first-order valence-electron chi connectivity index (χ1n) is 7.93. The van der Waals surface area contributed by atoms with Crippen molar-refractivity contribution < 1.29 is 9.53 Å². The highest BCUT2D eigenvalue weighted by atomic mass is 16.5. The molecule has 0 bridgehead atoms. The summed E-state index contributed by atoms with van der Waals surface area (Å²) in [6.07, 6.45) is 4.56. The number of nitrogens with one attached hydrogen (secondary N) is 1. The molecule has 1 fully saturated rings. The standard InChI is InChI=1S/C17H27N3O2/c1-13-7-5-9-18-16(13)22-12-17(2,3)19-15(21)11-14-8-6-10-20(14)4/h5,7,9,14H,6,8,10-12H2,1-4H3,(H,19,21)/t14-/m0/s1. The van der Waals surface area contributed by atoms with Crippen molar-refractivity contribution in [3.8, 4) is 5.88 Å². The van der Waals surface area contributed by atoms with Crippen LogP contribution in [0.2, 0.25) is 0 Å². The van der Waals surface area contributed by atoms with Crippen molar-refractivity contribution >= 4 is 5.91 Å². The van der Waals surface area contributed by atoms with Crippen molar-refractivity contribution in [2.75, 3.05) is 20.2 Å². The average Bonchev–Trinajstić information content (AvgIpc) is 2.82. The summed E-state index contributed by atoms with van der Waals surface area (Å²) in [4.78, 5) is 18.7. The first-order chi connectivity index (χ1) is 10.4. The molecular weight excluding hydrogens is 278 g/mol. The van der Waals surface area contributed by atoms with Crippen molar-refractivity contribution in [3.05, 3.63) is 23.9 Å². The minimum Gasteiger partial charge on any atom is -0.475 e. The van der Waals surface area contributed by atoms with Crippen LogP contribution in [0.1, 0.15) is 38.7 Å². The molecule has 2 heterocycles. The van der Waals surface area contributed by atoms with Gasteiger partial charge in [0.05, 0.1) is 5.54 Å². The zero-order valence-corrected chi connectivity index (χ0v) is 14.1. The summed E-state index contributed by atoms with van der Waals surface area (Å²) in [5.41, 5.74) is 0.579. The lowest BCUT2D eigenvalue weighted by molar-refractivity contribution is -0.124. The van der Waals surface area contributed by atoms with E-state index in [1.165, 1.54) is 6.42 Å². The molecule has 0 aromatic carbocycles. The fourth-order valence-electron chi connectivity index (χ4n) is 2.79.